The molecule has 2 heterocycles. The quantitative estimate of drug-likeness (QED) is 0.939. The Morgan fingerprint density at radius 1 is 1.21 bits per heavy atom. The molecule has 0 unspecified atom stereocenters. The van der Waals surface area contributed by atoms with Crippen molar-refractivity contribution >= 4 is 16.7 Å². The van der Waals surface area contributed by atoms with Crippen molar-refractivity contribution in [3.63, 3.8) is 0 Å². The Morgan fingerprint density at radius 2 is 2.08 bits per heavy atom. The van der Waals surface area contributed by atoms with Crippen LogP contribution < -0.4 is 5.32 Å². The van der Waals surface area contributed by atoms with Gasteiger partial charge in [-0.15, -0.1) is 0 Å². The molecule has 4 rings (SSSR count). The Balaban J connectivity index is 1.29. The number of amides is 1. The second-order valence-electron chi connectivity index (χ2n) is 6.91. The lowest BCUT2D eigenvalue weighted by molar-refractivity contribution is -0.121. The number of ether oxygens (including phenoxy) is 1. The van der Waals surface area contributed by atoms with Crippen molar-refractivity contribution in [2.75, 3.05) is 26.2 Å². The summed E-state index contributed by atoms with van der Waals surface area (Å²) in [6.45, 7) is 3.54. The van der Waals surface area contributed by atoms with E-state index in [2.05, 4.69) is 34.5 Å². The summed E-state index contributed by atoms with van der Waals surface area (Å²) in [4.78, 5) is 14.7. The molecule has 0 bridgehead atoms. The highest BCUT2D eigenvalue weighted by Crippen LogP contribution is 2.22. The fourth-order valence-corrected chi connectivity index (χ4v) is 3.83. The minimum Gasteiger partial charge on any atom is -0.373 e. The monoisotopic (exact) mass is 324 g/mol. The lowest BCUT2D eigenvalue weighted by Crippen LogP contribution is -2.50. The summed E-state index contributed by atoms with van der Waals surface area (Å²) in [6, 6.07) is 15.0. The molecule has 2 fully saturated rings. The third kappa shape index (κ3) is 3.45. The smallest absolute Gasteiger partial charge is 0.224 e. The molecule has 1 N–H and O–H groups in total. The van der Waals surface area contributed by atoms with Crippen LogP contribution in [0.4, 0.5) is 0 Å². The molecule has 0 spiro atoms. The molecule has 2 aliphatic rings. The van der Waals surface area contributed by atoms with Crippen LogP contribution in [0.3, 0.4) is 0 Å². The molecule has 2 atom stereocenters. The molecule has 126 valence electrons. The zero-order chi connectivity index (χ0) is 16.4. The first-order chi connectivity index (χ1) is 11.8. The van der Waals surface area contributed by atoms with Crippen molar-refractivity contribution in [1.29, 1.82) is 0 Å². The first-order valence-corrected chi connectivity index (χ1v) is 8.88. The van der Waals surface area contributed by atoms with E-state index in [1.165, 1.54) is 30.2 Å². The average molecular weight is 324 g/mol. The predicted molar refractivity (Wildman–Crippen MR) is 95.0 cm³/mol. The molecule has 0 aromatic heterocycles. The molecule has 2 aliphatic heterocycles. The summed E-state index contributed by atoms with van der Waals surface area (Å²) in [7, 11) is 0. The highest BCUT2D eigenvalue weighted by molar-refractivity contribution is 5.85. The second kappa shape index (κ2) is 6.91. The Kier molecular flexibility index (Phi) is 4.50. The van der Waals surface area contributed by atoms with Crippen LogP contribution in [-0.2, 0) is 16.0 Å². The molecule has 2 aromatic carbocycles. The summed E-state index contributed by atoms with van der Waals surface area (Å²) in [6.07, 6.45) is 3.07. The standard InChI is InChI=1S/C20H24N2O2/c23-20(11-15-7-8-16-4-1-2-5-17(16)10-15)21-12-19-13-22-9-3-6-18(22)14-24-19/h1-2,4-5,7-8,10,18-19H,3,6,9,11-14H2,(H,21,23)/t18-,19-/m0/s1. The topological polar surface area (TPSA) is 41.6 Å². The Bertz CT molecular complexity index is 730. The minimum absolute atomic E-state index is 0.0671. The van der Waals surface area contributed by atoms with Crippen molar-refractivity contribution in [2.45, 2.75) is 31.4 Å². The molecule has 0 radical (unpaired) electrons. The van der Waals surface area contributed by atoms with Crippen LogP contribution in [0.1, 0.15) is 18.4 Å². The van der Waals surface area contributed by atoms with Gasteiger partial charge in [0.05, 0.1) is 19.1 Å². The summed E-state index contributed by atoms with van der Waals surface area (Å²) >= 11 is 0. The molecule has 2 aromatic rings. The van der Waals surface area contributed by atoms with Crippen LogP contribution in [0.2, 0.25) is 0 Å². The molecule has 0 aliphatic carbocycles. The van der Waals surface area contributed by atoms with E-state index in [0.29, 0.717) is 19.0 Å². The van der Waals surface area contributed by atoms with Gasteiger partial charge in [-0.2, -0.15) is 0 Å². The summed E-state index contributed by atoms with van der Waals surface area (Å²) in [5.41, 5.74) is 1.05. The number of carbonyl (C=O) groups excluding carboxylic acids is 1. The van der Waals surface area contributed by atoms with Gasteiger partial charge in [-0.3, -0.25) is 9.69 Å². The normalized spacial score (nSPS) is 24.0. The van der Waals surface area contributed by atoms with Crippen molar-refractivity contribution in [1.82, 2.24) is 10.2 Å². The van der Waals surface area contributed by atoms with Gasteiger partial charge in [-0.05, 0) is 35.7 Å². The first-order valence-electron chi connectivity index (χ1n) is 8.88. The number of hydrogen-bond donors (Lipinski definition) is 1. The summed E-state index contributed by atoms with van der Waals surface area (Å²) in [5.74, 6) is 0.0671. The van der Waals surface area contributed by atoms with Crippen molar-refractivity contribution in [2.24, 2.45) is 0 Å². The van der Waals surface area contributed by atoms with Gasteiger partial charge in [0, 0.05) is 19.1 Å². The fraction of sp³-hybridized carbons (Fsp3) is 0.450. The molecule has 1 amide bonds. The summed E-state index contributed by atoms with van der Waals surface area (Å²) in [5, 5.41) is 5.42. The van der Waals surface area contributed by atoms with Crippen LogP contribution >= 0.6 is 0 Å². The number of nitrogens with one attached hydrogen (secondary N) is 1. The minimum atomic E-state index is 0.0671. The van der Waals surface area contributed by atoms with Crippen LogP contribution in [-0.4, -0.2) is 49.2 Å². The lowest BCUT2D eigenvalue weighted by Gasteiger charge is -2.35. The third-order valence-corrected chi connectivity index (χ3v) is 5.17. The van der Waals surface area contributed by atoms with Gasteiger partial charge in [0.1, 0.15) is 0 Å². The SMILES string of the molecule is O=C(Cc1ccc2ccccc2c1)NC[C@H]1CN2CCC[C@H]2CO1. The number of morpholine rings is 1. The maximum absolute atomic E-state index is 12.2. The number of carbonyl (C=O) groups is 1. The number of hydrogen-bond acceptors (Lipinski definition) is 3. The van der Waals surface area contributed by atoms with E-state index in [1.807, 2.05) is 18.2 Å². The van der Waals surface area contributed by atoms with E-state index in [9.17, 15) is 4.79 Å². The van der Waals surface area contributed by atoms with Crippen LogP contribution in [0, 0.1) is 0 Å². The van der Waals surface area contributed by atoms with Crippen molar-refractivity contribution in [3.05, 3.63) is 48.0 Å². The van der Waals surface area contributed by atoms with Crippen LogP contribution in [0.25, 0.3) is 10.8 Å². The molecule has 2 saturated heterocycles. The first kappa shape index (κ1) is 15.6. The largest absolute Gasteiger partial charge is 0.373 e. The molecular formula is C20H24N2O2. The van der Waals surface area contributed by atoms with Gasteiger partial charge in [-0.25, -0.2) is 0 Å². The van der Waals surface area contributed by atoms with Crippen molar-refractivity contribution in [3.8, 4) is 0 Å². The second-order valence-corrected chi connectivity index (χ2v) is 6.91. The molecule has 0 saturated carbocycles. The van der Waals surface area contributed by atoms with E-state index in [4.69, 9.17) is 4.74 Å². The summed E-state index contributed by atoms with van der Waals surface area (Å²) < 4.78 is 5.89. The molecular weight excluding hydrogens is 300 g/mol. The molecule has 24 heavy (non-hydrogen) atoms. The van der Waals surface area contributed by atoms with Crippen molar-refractivity contribution < 1.29 is 9.53 Å². The predicted octanol–water partition coefficient (Wildman–Crippen LogP) is 2.36. The van der Waals surface area contributed by atoms with Gasteiger partial charge >= 0.3 is 0 Å². The van der Waals surface area contributed by atoms with Gasteiger partial charge in [0.2, 0.25) is 5.91 Å². The maximum Gasteiger partial charge on any atom is 0.224 e. The third-order valence-electron chi connectivity index (χ3n) is 5.17. The molecule has 4 heteroatoms. The van der Waals surface area contributed by atoms with Crippen LogP contribution in [0.5, 0.6) is 0 Å². The number of benzene rings is 2. The van der Waals surface area contributed by atoms with E-state index < -0.39 is 0 Å². The Hall–Kier alpha value is -1.91. The van der Waals surface area contributed by atoms with Gasteiger partial charge < -0.3 is 10.1 Å². The number of rotatable bonds is 4. The average Bonchev–Trinajstić information content (AvgIpc) is 3.07. The van der Waals surface area contributed by atoms with E-state index in [1.54, 1.807) is 0 Å². The zero-order valence-electron chi connectivity index (χ0n) is 13.9. The highest BCUT2D eigenvalue weighted by atomic mass is 16.5. The lowest BCUT2D eigenvalue weighted by atomic mass is 10.0. The number of nitrogens with zero attached hydrogens (tertiary/aromatic N) is 1. The van der Waals surface area contributed by atoms with Gasteiger partial charge in [0.25, 0.3) is 0 Å². The van der Waals surface area contributed by atoms with E-state index in [-0.39, 0.29) is 12.0 Å². The van der Waals surface area contributed by atoms with Gasteiger partial charge in [-0.1, -0.05) is 42.5 Å². The molecule has 4 nitrogen and oxygen atoms in total. The Labute approximate surface area is 142 Å². The van der Waals surface area contributed by atoms with Gasteiger partial charge in [0.15, 0.2) is 0 Å². The highest BCUT2D eigenvalue weighted by Gasteiger charge is 2.32. The fourth-order valence-electron chi connectivity index (χ4n) is 3.83. The number of fused-ring (bicyclic) bond motifs is 2. The van der Waals surface area contributed by atoms with E-state index in [0.717, 1.165) is 18.7 Å². The Morgan fingerprint density at radius 3 is 3.00 bits per heavy atom. The van der Waals surface area contributed by atoms with Crippen LogP contribution in [0.15, 0.2) is 42.5 Å². The van der Waals surface area contributed by atoms with E-state index >= 15 is 0 Å². The maximum atomic E-state index is 12.2. The zero-order valence-corrected chi connectivity index (χ0v) is 13.9.